The molecule has 0 atom stereocenters. The number of rotatable bonds is 12. The van der Waals surface area contributed by atoms with E-state index >= 15 is 0 Å². The van der Waals surface area contributed by atoms with Gasteiger partial charge in [0.25, 0.3) is 0 Å². The topological polar surface area (TPSA) is 129 Å². The fraction of sp³-hybridized carbons (Fsp3) is 0.857. The van der Waals surface area contributed by atoms with Gasteiger partial charge in [0, 0.05) is 13.1 Å². The van der Waals surface area contributed by atoms with Crippen LogP contribution in [0.3, 0.4) is 0 Å². The Bertz CT molecular complexity index is 672. The minimum atomic E-state index is -0.492. The number of hydrogen-bond donors (Lipinski definition) is 2. The summed E-state index contributed by atoms with van der Waals surface area (Å²) in [5.74, 6) is -0.539. The maximum absolute atomic E-state index is 11.6. The van der Waals surface area contributed by atoms with Crippen LogP contribution in [0.15, 0.2) is 0 Å². The maximum atomic E-state index is 11.6. The summed E-state index contributed by atoms with van der Waals surface area (Å²) in [5.41, 5.74) is -0.962. The quantitative estimate of drug-likeness (QED) is 0.187. The normalized spacial score (nSPS) is 11.9. The van der Waals surface area contributed by atoms with Gasteiger partial charge in [-0.05, 0) is 51.4 Å². The Morgan fingerprint density at radius 1 is 0.500 bits per heavy atom. The number of carbonyl (C=O) groups excluding carboxylic acids is 4. The highest BCUT2D eigenvalue weighted by Crippen LogP contribution is 2.22. The molecule has 0 aliphatic rings. The molecule has 0 bridgehead atoms. The van der Waals surface area contributed by atoms with Crippen LogP contribution in [0.5, 0.6) is 0 Å². The van der Waals surface area contributed by atoms with E-state index in [9.17, 15) is 19.2 Å². The second-order valence-corrected chi connectivity index (χ2v) is 12.8. The number of hydrogen-bond acceptors (Lipinski definition) is 8. The largest absolute Gasteiger partial charge is 0.462 e. The number of amides is 2. The van der Waals surface area contributed by atoms with Crippen molar-refractivity contribution in [2.75, 3.05) is 39.5 Å². The van der Waals surface area contributed by atoms with Crippen LogP contribution in [0.1, 0.15) is 95.9 Å². The first-order chi connectivity index (χ1) is 17.2. The molecular weight excluding hydrogens is 492 g/mol. The standard InChI is InChI=1S/2C14H27NO4/c2*1-7-14(5,6)11(16)18-8-9-19-12(17)15-10-13(2,3)4/h2*7-10H2,1-6H3,(H,15,17). The van der Waals surface area contributed by atoms with Crippen molar-refractivity contribution in [3.63, 3.8) is 0 Å². The molecule has 224 valence electrons. The minimum absolute atomic E-state index is 0.0106. The summed E-state index contributed by atoms with van der Waals surface area (Å²) >= 11 is 0. The summed E-state index contributed by atoms with van der Waals surface area (Å²) < 4.78 is 19.9. The van der Waals surface area contributed by atoms with Gasteiger partial charge in [0.1, 0.15) is 26.4 Å². The van der Waals surface area contributed by atoms with E-state index in [1.165, 1.54) is 0 Å². The van der Waals surface area contributed by atoms with Crippen molar-refractivity contribution in [2.45, 2.75) is 95.9 Å². The fourth-order valence-corrected chi connectivity index (χ4v) is 1.99. The summed E-state index contributed by atoms with van der Waals surface area (Å²) in [4.78, 5) is 45.9. The van der Waals surface area contributed by atoms with Gasteiger partial charge in [0.05, 0.1) is 10.8 Å². The molecule has 2 amide bonds. The van der Waals surface area contributed by atoms with Crippen LogP contribution in [0.4, 0.5) is 9.59 Å². The van der Waals surface area contributed by atoms with Gasteiger partial charge in [-0.3, -0.25) is 9.59 Å². The second-order valence-electron chi connectivity index (χ2n) is 12.8. The Labute approximate surface area is 230 Å². The smallest absolute Gasteiger partial charge is 0.407 e. The van der Waals surface area contributed by atoms with E-state index in [2.05, 4.69) is 10.6 Å². The van der Waals surface area contributed by atoms with E-state index in [1.54, 1.807) is 0 Å². The third-order valence-corrected chi connectivity index (χ3v) is 5.50. The number of ether oxygens (including phenoxy) is 4. The molecule has 0 aromatic rings. The lowest BCUT2D eigenvalue weighted by Gasteiger charge is -2.20. The molecule has 0 aromatic heterocycles. The number of alkyl carbamates (subject to hydrolysis) is 2. The number of esters is 2. The second kappa shape index (κ2) is 17.1. The third kappa shape index (κ3) is 20.5. The van der Waals surface area contributed by atoms with Crippen molar-refractivity contribution < 1.29 is 38.1 Å². The SMILES string of the molecule is CCC(C)(C)C(=O)OCCOC(=O)NCC(C)(C)C.CCC(C)(C)C(=O)OCCOC(=O)NCC(C)(C)C. The van der Waals surface area contributed by atoms with E-state index < -0.39 is 23.0 Å². The third-order valence-electron chi connectivity index (χ3n) is 5.50. The van der Waals surface area contributed by atoms with Crippen LogP contribution in [-0.2, 0) is 28.5 Å². The molecule has 0 aliphatic heterocycles. The number of carbonyl (C=O) groups is 4. The van der Waals surface area contributed by atoms with Crippen LogP contribution in [0, 0.1) is 21.7 Å². The minimum Gasteiger partial charge on any atom is -0.462 e. The van der Waals surface area contributed by atoms with Crippen LogP contribution in [-0.4, -0.2) is 63.6 Å². The summed E-state index contributed by atoms with van der Waals surface area (Å²) in [6.07, 6.45) is 0.443. The molecule has 38 heavy (non-hydrogen) atoms. The molecule has 2 N–H and O–H groups in total. The maximum Gasteiger partial charge on any atom is 0.407 e. The van der Waals surface area contributed by atoms with Crippen molar-refractivity contribution in [1.82, 2.24) is 10.6 Å². The lowest BCUT2D eigenvalue weighted by Crippen LogP contribution is -2.33. The molecule has 0 aromatic carbocycles. The van der Waals surface area contributed by atoms with E-state index in [-0.39, 0.29) is 49.2 Å². The van der Waals surface area contributed by atoms with Crippen LogP contribution in [0.25, 0.3) is 0 Å². The molecular formula is C28H54N2O8. The highest BCUT2D eigenvalue weighted by molar-refractivity contribution is 5.76. The average molecular weight is 547 g/mol. The van der Waals surface area contributed by atoms with E-state index in [0.717, 1.165) is 0 Å². The summed E-state index contributed by atoms with van der Waals surface area (Å²) in [5, 5.41) is 5.30. The van der Waals surface area contributed by atoms with Gasteiger partial charge in [-0.25, -0.2) is 9.59 Å². The van der Waals surface area contributed by atoms with Gasteiger partial charge in [-0.15, -0.1) is 0 Å². The summed E-state index contributed by atoms with van der Waals surface area (Å²) in [6, 6.07) is 0. The first-order valence-corrected chi connectivity index (χ1v) is 13.3. The Balaban J connectivity index is 0. The van der Waals surface area contributed by atoms with Crippen LogP contribution in [0.2, 0.25) is 0 Å². The van der Waals surface area contributed by atoms with Gasteiger partial charge in [-0.1, -0.05) is 55.4 Å². The highest BCUT2D eigenvalue weighted by Gasteiger charge is 2.27. The monoisotopic (exact) mass is 546 g/mol. The van der Waals surface area contributed by atoms with Crippen molar-refractivity contribution in [2.24, 2.45) is 21.7 Å². The molecule has 10 heteroatoms. The van der Waals surface area contributed by atoms with Crippen molar-refractivity contribution in [1.29, 1.82) is 0 Å². The predicted molar refractivity (Wildman–Crippen MR) is 148 cm³/mol. The summed E-state index contributed by atoms with van der Waals surface area (Å²) in [6.45, 7) is 24.6. The first-order valence-electron chi connectivity index (χ1n) is 13.3. The first kappa shape index (κ1) is 37.6. The molecule has 0 saturated carbocycles. The molecule has 0 saturated heterocycles. The number of nitrogens with one attached hydrogen (secondary N) is 2. The molecule has 0 rings (SSSR count). The molecule has 0 aliphatic carbocycles. The zero-order chi connectivity index (χ0) is 30.2. The van der Waals surface area contributed by atoms with E-state index in [0.29, 0.717) is 25.9 Å². The lowest BCUT2D eigenvalue weighted by molar-refractivity contribution is -0.155. The zero-order valence-corrected chi connectivity index (χ0v) is 25.9. The van der Waals surface area contributed by atoms with Crippen LogP contribution < -0.4 is 10.6 Å². The zero-order valence-electron chi connectivity index (χ0n) is 25.9. The van der Waals surface area contributed by atoms with Gasteiger partial charge < -0.3 is 29.6 Å². The van der Waals surface area contributed by atoms with Crippen molar-refractivity contribution in [3.05, 3.63) is 0 Å². The lowest BCUT2D eigenvalue weighted by atomic mass is 9.91. The molecule has 0 unspecified atom stereocenters. The molecule has 10 nitrogen and oxygen atoms in total. The molecule has 0 radical (unpaired) electrons. The summed E-state index contributed by atoms with van der Waals surface area (Å²) in [7, 11) is 0. The van der Waals surface area contributed by atoms with Gasteiger partial charge >= 0.3 is 24.1 Å². The highest BCUT2D eigenvalue weighted by atomic mass is 16.6. The van der Waals surface area contributed by atoms with E-state index in [4.69, 9.17) is 18.9 Å². The average Bonchev–Trinajstić information content (AvgIpc) is 2.80. The Hall–Kier alpha value is -2.52. The van der Waals surface area contributed by atoms with E-state index in [1.807, 2.05) is 83.1 Å². The molecule has 0 fully saturated rings. The predicted octanol–water partition coefficient (Wildman–Crippen LogP) is 5.48. The Morgan fingerprint density at radius 2 is 0.763 bits per heavy atom. The molecule has 0 spiro atoms. The van der Waals surface area contributed by atoms with Gasteiger partial charge in [0.15, 0.2) is 0 Å². The Morgan fingerprint density at radius 3 is 1.00 bits per heavy atom. The van der Waals surface area contributed by atoms with Crippen molar-refractivity contribution in [3.8, 4) is 0 Å². The Kier molecular flexibility index (Phi) is 17.0. The van der Waals surface area contributed by atoms with Gasteiger partial charge in [0.2, 0.25) is 0 Å². The van der Waals surface area contributed by atoms with Crippen molar-refractivity contribution >= 4 is 24.1 Å². The fourth-order valence-electron chi connectivity index (χ4n) is 1.99. The molecule has 0 heterocycles. The van der Waals surface area contributed by atoms with Crippen LogP contribution >= 0.6 is 0 Å². The van der Waals surface area contributed by atoms with Gasteiger partial charge in [-0.2, -0.15) is 0 Å².